The van der Waals surface area contributed by atoms with Crippen LogP contribution in [0.5, 0.6) is 0 Å². The highest BCUT2D eigenvalue weighted by molar-refractivity contribution is 5.82. The number of hydrogen-bond donors (Lipinski definition) is 2. The van der Waals surface area contributed by atoms with Crippen molar-refractivity contribution < 1.29 is 9.21 Å². The summed E-state index contributed by atoms with van der Waals surface area (Å²) in [6.07, 6.45) is 1.59. The van der Waals surface area contributed by atoms with Gasteiger partial charge in [-0.2, -0.15) is 0 Å². The largest absolute Gasteiger partial charge is 0.467 e. The summed E-state index contributed by atoms with van der Waals surface area (Å²) in [6, 6.07) is 7.33. The van der Waals surface area contributed by atoms with E-state index >= 15 is 0 Å². The topological polar surface area (TPSA) is 59.2 Å². The molecule has 2 heterocycles. The Labute approximate surface area is 112 Å². The summed E-state index contributed by atoms with van der Waals surface area (Å²) in [5.41, 5.74) is 5.31. The Morgan fingerprint density at radius 3 is 2.58 bits per heavy atom. The van der Waals surface area contributed by atoms with Gasteiger partial charge in [-0.1, -0.05) is 0 Å². The van der Waals surface area contributed by atoms with Crippen molar-refractivity contribution in [2.75, 3.05) is 5.43 Å². The number of carbonyl (C=O) groups excluding carboxylic acids is 1. The minimum atomic E-state index is -0.320. The number of aryl methyl sites for hydroxylation is 2. The number of carbonyl (C=O) groups is 1. The Morgan fingerprint density at radius 1 is 1.32 bits per heavy atom. The van der Waals surface area contributed by atoms with E-state index in [1.807, 2.05) is 43.6 Å². The van der Waals surface area contributed by atoms with E-state index in [4.69, 9.17) is 4.42 Å². The quantitative estimate of drug-likeness (QED) is 0.864. The molecule has 0 aliphatic rings. The molecule has 1 amide bonds. The Hall–Kier alpha value is -2.17. The molecule has 0 aliphatic carbocycles. The van der Waals surface area contributed by atoms with Crippen molar-refractivity contribution >= 4 is 5.91 Å². The molecular weight excluding hydrogens is 242 g/mol. The van der Waals surface area contributed by atoms with Gasteiger partial charge >= 0.3 is 0 Å². The van der Waals surface area contributed by atoms with Gasteiger partial charge in [-0.15, -0.1) is 0 Å². The highest BCUT2D eigenvalue weighted by Crippen LogP contribution is 2.05. The fourth-order valence-electron chi connectivity index (χ4n) is 1.86. The van der Waals surface area contributed by atoms with Crippen LogP contribution in [0.1, 0.15) is 24.1 Å². The molecule has 2 aromatic heterocycles. The van der Waals surface area contributed by atoms with Crippen molar-refractivity contribution in [1.29, 1.82) is 0 Å². The molecule has 0 fully saturated rings. The van der Waals surface area contributed by atoms with Gasteiger partial charge in [0.25, 0.3) is 0 Å². The third-order valence-electron chi connectivity index (χ3n) is 3.00. The van der Waals surface area contributed by atoms with E-state index in [2.05, 4.69) is 10.7 Å². The van der Waals surface area contributed by atoms with Crippen molar-refractivity contribution in [3.05, 3.63) is 47.7 Å². The number of aromatic nitrogens is 1. The lowest BCUT2D eigenvalue weighted by atomic mass is 10.3. The molecule has 0 radical (unpaired) electrons. The maximum Gasteiger partial charge on any atom is 0.244 e. The first-order valence-electron chi connectivity index (χ1n) is 6.29. The van der Waals surface area contributed by atoms with Gasteiger partial charge in [0.1, 0.15) is 11.8 Å². The van der Waals surface area contributed by atoms with Crippen molar-refractivity contribution in [2.24, 2.45) is 0 Å². The molecule has 0 saturated heterocycles. The summed E-state index contributed by atoms with van der Waals surface area (Å²) >= 11 is 0. The van der Waals surface area contributed by atoms with Gasteiger partial charge in [-0.05, 0) is 45.0 Å². The zero-order chi connectivity index (χ0) is 13.8. The van der Waals surface area contributed by atoms with Gasteiger partial charge in [0.15, 0.2) is 0 Å². The van der Waals surface area contributed by atoms with Gasteiger partial charge in [0.2, 0.25) is 5.91 Å². The standard InChI is InChI=1S/C14H19N3O2/c1-10-6-7-11(2)17(10)16-12(3)14(18)15-9-13-5-4-8-19-13/h4-8,12,16H,9H2,1-3H3,(H,15,18). The number of amides is 1. The maximum atomic E-state index is 12.0. The van der Waals surface area contributed by atoms with Gasteiger partial charge in [0.05, 0.1) is 12.8 Å². The van der Waals surface area contributed by atoms with Gasteiger partial charge < -0.3 is 15.2 Å². The second-order valence-corrected chi connectivity index (χ2v) is 4.60. The van der Waals surface area contributed by atoms with Crippen LogP contribution in [-0.4, -0.2) is 16.6 Å². The molecule has 1 unspecified atom stereocenters. The smallest absolute Gasteiger partial charge is 0.244 e. The molecule has 0 aliphatic heterocycles. The summed E-state index contributed by atoms with van der Waals surface area (Å²) in [5.74, 6) is 0.678. The van der Waals surface area contributed by atoms with E-state index in [0.29, 0.717) is 6.54 Å². The highest BCUT2D eigenvalue weighted by atomic mass is 16.3. The average Bonchev–Trinajstić information content (AvgIpc) is 3.00. The van der Waals surface area contributed by atoms with Crippen molar-refractivity contribution in [1.82, 2.24) is 9.99 Å². The van der Waals surface area contributed by atoms with E-state index in [-0.39, 0.29) is 11.9 Å². The monoisotopic (exact) mass is 261 g/mol. The first-order chi connectivity index (χ1) is 9.08. The summed E-state index contributed by atoms with van der Waals surface area (Å²) in [6.45, 7) is 6.22. The lowest BCUT2D eigenvalue weighted by Gasteiger charge is -2.18. The molecule has 2 rings (SSSR count). The molecule has 0 saturated carbocycles. The van der Waals surface area contributed by atoms with Crippen LogP contribution in [0.2, 0.25) is 0 Å². The number of furan rings is 1. The van der Waals surface area contributed by atoms with Crippen LogP contribution in [0, 0.1) is 13.8 Å². The summed E-state index contributed by atoms with van der Waals surface area (Å²) in [4.78, 5) is 12.0. The average molecular weight is 261 g/mol. The van der Waals surface area contributed by atoms with Gasteiger partial charge in [-0.3, -0.25) is 9.47 Å². The Balaban J connectivity index is 1.89. The molecular formula is C14H19N3O2. The minimum absolute atomic E-state index is 0.0658. The van der Waals surface area contributed by atoms with Crippen LogP contribution in [0.15, 0.2) is 34.9 Å². The van der Waals surface area contributed by atoms with Crippen LogP contribution in [0.25, 0.3) is 0 Å². The van der Waals surface area contributed by atoms with Crippen LogP contribution in [0.3, 0.4) is 0 Å². The second-order valence-electron chi connectivity index (χ2n) is 4.60. The van der Waals surface area contributed by atoms with E-state index < -0.39 is 0 Å². The Morgan fingerprint density at radius 2 is 2.00 bits per heavy atom. The van der Waals surface area contributed by atoms with Crippen LogP contribution < -0.4 is 10.7 Å². The van der Waals surface area contributed by atoms with Crippen molar-refractivity contribution in [3.8, 4) is 0 Å². The molecule has 1 atom stereocenters. The van der Waals surface area contributed by atoms with E-state index in [0.717, 1.165) is 17.1 Å². The molecule has 5 heteroatoms. The molecule has 0 spiro atoms. The van der Waals surface area contributed by atoms with Gasteiger partial charge in [-0.25, -0.2) is 0 Å². The number of rotatable bonds is 5. The number of hydrogen-bond acceptors (Lipinski definition) is 3. The molecule has 19 heavy (non-hydrogen) atoms. The van der Waals surface area contributed by atoms with E-state index in [9.17, 15) is 4.79 Å². The zero-order valence-electron chi connectivity index (χ0n) is 11.4. The summed E-state index contributed by atoms with van der Waals surface area (Å²) < 4.78 is 7.08. The maximum absolute atomic E-state index is 12.0. The van der Waals surface area contributed by atoms with Crippen LogP contribution >= 0.6 is 0 Å². The predicted octanol–water partition coefficient (Wildman–Crippen LogP) is 1.95. The summed E-state index contributed by atoms with van der Waals surface area (Å²) in [7, 11) is 0. The second kappa shape index (κ2) is 5.65. The van der Waals surface area contributed by atoms with Crippen molar-refractivity contribution in [3.63, 3.8) is 0 Å². The fourth-order valence-corrected chi connectivity index (χ4v) is 1.86. The molecule has 5 nitrogen and oxygen atoms in total. The lowest BCUT2D eigenvalue weighted by Crippen LogP contribution is -2.41. The third kappa shape index (κ3) is 3.19. The van der Waals surface area contributed by atoms with Crippen molar-refractivity contribution in [2.45, 2.75) is 33.4 Å². The first kappa shape index (κ1) is 13.3. The SMILES string of the molecule is Cc1ccc(C)n1NC(C)C(=O)NCc1ccco1. The first-order valence-corrected chi connectivity index (χ1v) is 6.29. The molecule has 2 N–H and O–H groups in total. The lowest BCUT2D eigenvalue weighted by molar-refractivity contribution is -0.121. The number of nitrogens with one attached hydrogen (secondary N) is 2. The molecule has 2 aromatic rings. The zero-order valence-corrected chi connectivity index (χ0v) is 11.4. The number of nitrogens with zero attached hydrogens (tertiary/aromatic N) is 1. The van der Waals surface area contributed by atoms with Gasteiger partial charge in [0, 0.05) is 11.4 Å². The Kier molecular flexibility index (Phi) is 3.94. The molecule has 0 aromatic carbocycles. The third-order valence-corrected chi connectivity index (χ3v) is 3.00. The normalized spacial score (nSPS) is 12.2. The summed E-state index contributed by atoms with van der Waals surface area (Å²) in [5, 5.41) is 2.83. The predicted molar refractivity (Wildman–Crippen MR) is 73.3 cm³/mol. The van der Waals surface area contributed by atoms with Crippen LogP contribution in [-0.2, 0) is 11.3 Å². The van der Waals surface area contributed by atoms with Crippen LogP contribution in [0.4, 0.5) is 0 Å². The van der Waals surface area contributed by atoms with E-state index in [1.54, 1.807) is 12.3 Å². The Bertz CT molecular complexity index is 524. The highest BCUT2D eigenvalue weighted by Gasteiger charge is 2.14. The van der Waals surface area contributed by atoms with E-state index in [1.165, 1.54) is 0 Å². The molecule has 0 bridgehead atoms. The minimum Gasteiger partial charge on any atom is -0.467 e. The molecule has 102 valence electrons. The fraction of sp³-hybridized carbons (Fsp3) is 0.357.